The first-order chi connectivity index (χ1) is 15.4. The molecule has 3 rings (SSSR count). The van der Waals surface area contributed by atoms with Crippen LogP contribution in [-0.4, -0.2) is 34.6 Å². The molecule has 0 saturated heterocycles. The molecule has 2 amide bonds. The number of thioether (sulfide) groups is 1. The lowest BCUT2D eigenvalue weighted by molar-refractivity contribution is -0.139. The summed E-state index contributed by atoms with van der Waals surface area (Å²) in [6.45, 7) is 2.13. The Morgan fingerprint density at radius 1 is 1.06 bits per heavy atom. The quantitative estimate of drug-likeness (QED) is 0.514. The lowest BCUT2D eigenvalue weighted by Gasteiger charge is -2.31. The number of hydrogen-bond donors (Lipinski definition) is 1. The fraction of sp³-hybridized carbons (Fsp3) is 0.440. The third-order valence-electron chi connectivity index (χ3n) is 5.79. The number of benzene rings is 2. The Hall–Kier alpha value is -2.05. The molecule has 0 aromatic heterocycles. The topological polar surface area (TPSA) is 49.4 Å². The molecule has 0 unspecified atom stereocenters. The SMILES string of the molecule is C[C@@H](C(=O)NC1CCCCC1)N(Cc1ccc(Cl)cc1)C(=O)CSCc1ccc(F)cc1. The highest BCUT2D eigenvalue weighted by Gasteiger charge is 2.28. The molecule has 0 radical (unpaired) electrons. The average Bonchev–Trinajstić information content (AvgIpc) is 2.80. The molecule has 4 nitrogen and oxygen atoms in total. The van der Waals surface area contributed by atoms with Gasteiger partial charge in [0.25, 0.3) is 0 Å². The number of rotatable bonds is 9. The first-order valence-corrected chi connectivity index (χ1v) is 12.6. The normalized spacial score (nSPS) is 15.2. The van der Waals surface area contributed by atoms with E-state index < -0.39 is 6.04 Å². The molecule has 0 bridgehead atoms. The zero-order valence-corrected chi connectivity index (χ0v) is 19.9. The van der Waals surface area contributed by atoms with E-state index in [0.29, 0.717) is 17.3 Å². The van der Waals surface area contributed by atoms with Gasteiger partial charge >= 0.3 is 0 Å². The zero-order valence-electron chi connectivity index (χ0n) is 18.4. The molecule has 1 fully saturated rings. The standard InChI is InChI=1S/C25H30ClFN2O2S/c1-18(25(31)28-23-5-3-2-4-6-23)29(15-19-7-11-21(26)12-8-19)24(30)17-32-16-20-9-13-22(27)14-10-20/h7-14,18,23H,2-6,15-17H2,1H3,(H,28,31)/t18-/m0/s1. The van der Waals surface area contributed by atoms with Gasteiger partial charge in [-0.25, -0.2) is 4.39 Å². The van der Waals surface area contributed by atoms with E-state index in [2.05, 4.69) is 5.32 Å². The summed E-state index contributed by atoms with van der Waals surface area (Å²) in [6, 6.07) is 13.2. The van der Waals surface area contributed by atoms with E-state index in [1.165, 1.54) is 30.3 Å². The molecule has 2 aromatic carbocycles. The predicted octanol–water partition coefficient (Wildman–Crippen LogP) is 5.58. The fourth-order valence-electron chi connectivity index (χ4n) is 3.86. The van der Waals surface area contributed by atoms with Crippen molar-refractivity contribution in [2.75, 3.05) is 5.75 Å². The molecule has 0 spiro atoms. The van der Waals surface area contributed by atoms with Crippen LogP contribution in [0.2, 0.25) is 5.02 Å². The fourth-order valence-corrected chi connectivity index (χ4v) is 4.85. The van der Waals surface area contributed by atoms with Gasteiger partial charge in [0.05, 0.1) is 5.75 Å². The average molecular weight is 477 g/mol. The summed E-state index contributed by atoms with van der Waals surface area (Å²) in [7, 11) is 0. The van der Waals surface area contributed by atoms with Gasteiger partial charge < -0.3 is 10.2 Å². The minimum atomic E-state index is -0.577. The molecule has 0 aliphatic heterocycles. The van der Waals surface area contributed by atoms with Crippen LogP contribution >= 0.6 is 23.4 Å². The Labute approximate surface area is 198 Å². The van der Waals surface area contributed by atoms with Crippen molar-refractivity contribution < 1.29 is 14.0 Å². The second-order valence-electron chi connectivity index (χ2n) is 8.29. The summed E-state index contributed by atoms with van der Waals surface area (Å²) in [6.07, 6.45) is 5.47. The molecule has 32 heavy (non-hydrogen) atoms. The molecule has 1 aliphatic carbocycles. The maximum absolute atomic E-state index is 13.1. The monoisotopic (exact) mass is 476 g/mol. The Morgan fingerprint density at radius 3 is 2.34 bits per heavy atom. The highest BCUT2D eigenvalue weighted by Crippen LogP contribution is 2.20. The van der Waals surface area contributed by atoms with Crippen LogP contribution in [0, 0.1) is 5.82 Å². The van der Waals surface area contributed by atoms with Crippen LogP contribution in [0.1, 0.15) is 50.2 Å². The summed E-state index contributed by atoms with van der Waals surface area (Å²) in [4.78, 5) is 27.7. The van der Waals surface area contributed by atoms with E-state index in [0.717, 1.165) is 36.8 Å². The van der Waals surface area contributed by atoms with Crippen molar-refractivity contribution in [2.24, 2.45) is 0 Å². The smallest absolute Gasteiger partial charge is 0.242 e. The third-order valence-corrected chi connectivity index (χ3v) is 7.03. The molecule has 1 N–H and O–H groups in total. The number of carbonyl (C=O) groups is 2. The van der Waals surface area contributed by atoms with E-state index in [1.807, 2.05) is 12.1 Å². The van der Waals surface area contributed by atoms with Crippen LogP contribution in [0.15, 0.2) is 48.5 Å². The van der Waals surface area contributed by atoms with Crippen LogP contribution in [-0.2, 0) is 21.9 Å². The maximum atomic E-state index is 13.1. The number of hydrogen-bond acceptors (Lipinski definition) is 3. The summed E-state index contributed by atoms with van der Waals surface area (Å²) in [5.41, 5.74) is 1.88. The lowest BCUT2D eigenvalue weighted by Crippen LogP contribution is -2.50. The molecule has 7 heteroatoms. The second-order valence-corrected chi connectivity index (χ2v) is 9.71. The van der Waals surface area contributed by atoms with Gasteiger partial charge in [0, 0.05) is 23.4 Å². The Kier molecular flexibility index (Phi) is 9.42. The van der Waals surface area contributed by atoms with Gasteiger partial charge in [-0.15, -0.1) is 11.8 Å². The van der Waals surface area contributed by atoms with Crippen molar-refractivity contribution in [3.63, 3.8) is 0 Å². The number of amides is 2. The first-order valence-electron chi connectivity index (χ1n) is 11.1. The highest BCUT2D eigenvalue weighted by atomic mass is 35.5. The van der Waals surface area contributed by atoms with Gasteiger partial charge in [-0.2, -0.15) is 0 Å². The van der Waals surface area contributed by atoms with Crippen LogP contribution in [0.3, 0.4) is 0 Å². The second kappa shape index (κ2) is 12.3. The summed E-state index contributed by atoms with van der Waals surface area (Å²) >= 11 is 7.46. The van der Waals surface area contributed by atoms with Crippen molar-refractivity contribution in [3.8, 4) is 0 Å². The highest BCUT2D eigenvalue weighted by molar-refractivity contribution is 7.99. The molecule has 1 aliphatic rings. The van der Waals surface area contributed by atoms with Gasteiger partial charge in [-0.05, 0) is 55.2 Å². The van der Waals surface area contributed by atoms with Gasteiger partial charge in [0.15, 0.2) is 0 Å². The predicted molar refractivity (Wildman–Crippen MR) is 129 cm³/mol. The zero-order chi connectivity index (χ0) is 22.9. The van der Waals surface area contributed by atoms with E-state index in [9.17, 15) is 14.0 Å². The van der Waals surface area contributed by atoms with E-state index in [-0.39, 0.29) is 29.4 Å². The Morgan fingerprint density at radius 2 is 1.69 bits per heavy atom. The number of nitrogens with zero attached hydrogens (tertiary/aromatic N) is 1. The largest absolute Gasteiger partial charge is 0.352 e. The van der Waals surface area contributed by atoms with Gasteiger partial charge in [0.2, 0.25) is 11.8 Å². The summed E-state index contributed by atoms with van der Waals surface area (Å²) in [5.74, 6) is 0.359. The van der Waals surface area contributed by atoms with Crippen molar-refractivity contribution in [1.29, 1.82) is 0 Å². The molecule has 0 heterocycles. The Balaban J connectivity index is 1.64. The lowest BCUT2D eigenvalue weighted by atomic mass is 9.95. The summed E-state index contributed by atoms with van der Waals surface area (Å²) < 4.78 is 13.1. The third kappa shape index (κ3) is 7.52. The number of nitrogens with one attached hydrogen (secondary N) is 1. The van der Waals surface area contributed by atoms with Crippen LogP contribution < -0.4 is 5.32 Å². The molecule has 172 valence electrons. The van der Waals surface area contributed by atoms with Gasteiger partial charge in [-0.1, -0.05) is 55.1 Å². The molecule has 1 saturated carbocycles. The van der Waals surface area contributed by atoms with Crippen molar-refractivity contribution in [1.82, 2.24) is 10.2 Å². The van der Waals surface area contributed by atoms with Crippen LogP contribution in [0.5, 0.6) is 0 Å². The van der Waals surface area contributed by atoms with Crippen LogP contribution in [0.4, 0.5) is 4.39 Å². The molecule has 2 aromatic rings. The van der Waals surface area contributed by atoms with Crippen molar-refractivity contribution in [3.05, 3.63) is 70.5 Å². The van der Waals surface area contributed by atoms with Crippen molar-refractivity contribution in [2.45, 2.75) is 63.4 Å². The first kappa shape index (κ1) is 24.6. The van der Waals surface area contributed by atoms with Gasteiger partial charge in [0.1, 0.15) is 11.9 Å². The molecular formula is C25H30ClFN2O2S. The Bertz CT molecular complexity index is 886. The van der Waals surface area contributed by atoms with E-state index >= 15 is 0 Å². The van der Waals surface area contributed by atoms with Crippen LogP contribution in [0.25, 0.3) is 0 Å². The van der Waals surface area contributed by atoms with Crippen molar-refractivity contribution >= 4 is 35.2 Å². The number of carbonyl (C=O) groups excluding carboxylic acids is 2. The summed E-state index contributed by atoms with van der Waals surface area (Å²) in [5, 5.41) is 3.77. The molecule has 1 atom stereocenters. The van der Waals surface area contributed by atoms with E-state index in [4.69, 9.17) is 11.6 Å². The minimum Gasteiger partial charge on any atom is -0.352 e. The molecular weight excluding hydrogens is 447 g/mol. The minimum absolute atomic E-state index is 0.0987. The van der Waals surface area contributed by atoms with Gasteiger partial charge in [-0.3, -0.25) is 9.59 Å². The number of halogens is 2. The van der Waals surface area contributed by atoms with E-state index in [1.54, 1.807) is 36.1 Å². The maximum Gasteiger partial charge on any atom is 0.242 e.